The topological polar surface area (TPSA) is 48.1 Å². The minimum absolute atomic E-state index is 0.0303. The lowest BCUT2D eigenvalue weighted by molar-refractivity contribution is 0.0486. The second-order valence-corrected chi connectivity index (χ2v) is 5.36. The Kier molecular flexibility index (Phi) is 3.55. The summed E-state index contributed by atoms with van der Waals surface area (Å²) in [7, 11) is 0. The first kappa shape index (κ1) is 13.3. The molecule has 0 saturated carbocycles. The summed E-state index contributed by atoms with van der Waals surface area (Å²) in [6.45, 7) is 5.36. The van der Waals surface area contributed by atoms with Gasteiger partial charge in [-0.15, -0.1) is 0 Å². The van der Waals surface area contributed by atoms with E-state index in [-0.39, 0.29) is 6.10 Å². The average molecular weight is 268 g/mol. The quantitative estimate of drug-likeness (QED) is 0.911. The number of aryl methyl sites for hydroxylation is 2. The fourth-order valence-corrected chi connectivity index (χ4v) is 3.03. The molecule has 2 heterocycles. The van der Waals surface area contributed by atoms with Crippen molar-refractivity contribution in [3.8, 4) is 11.1 Å². The molecule has 1 aromatic heterocycles. The summed E-state index contributed by atoms with van der Waals surface area (Å²) in [5.41, 5.74) is 13.1. The normalized spacial score (nSPS) is 17.9. The largest absolute Gasteiger partial charge is 0.372 e. The summed E-state index contributed by atoms with van der Waals surface area (Å²) in [6.07, 6.45) is 0.977. The van der Waals surface area contributed by atoms with Crippen molar-refractivity contribution in [2.45, 2.75) is 26.4 Å². The average Bonchev–Trinajstić information content (AvgIpc) is 2.45. The van der Waals surface area contributed by atoms with E-state index in [1.807, 2.05) is 13.8 Å². The van der Waals surface area contributed by atoms with Gasteiger partial charge in [-0.3, -0.25) is 4.98 Å². The zero-order chi connectivity index (χ0) is 14.1. The number of ether oxygens (including phenoxy) is 1. The van der Waals surface area contributed by atoms with Crippen molar-refractivity contribution < 1.29 is 4.74 Å². The van der Waals surface area contributed by atoms with Gasteiger partial charge in [-0.2, -0.15) is 0 Å². The number of benzene rings is 1. The van der Waals surface area contributed by atoms with E-state index in [4.69, 9.17) is 10.5 Å². The van der Waals surface area contributed by atoms with Crippen LogP contribution in [0.5, 0.6) is 0 Å². The van der Waals surface area contributed by atoms with Crippen molar-refractivity contribution >= 4 is 0 Å². The van der Waals surface area contributed by atoms with Crippen molar-refractivity contribution in [2.24, 2.45) is 5.73 Å². The van der Waals surface area contributed by atoms with Crippen molar-refractivity contribution in [3.63, 3.8) is 0 Å². The molecular weight excluding hydrogens is 248 g/mol. The lowest BCUT2D eigenvalue weighted by atomic mass is 9.89. The molecule has 1 atom stereocenters. The Bertz CT molecular complexity index is 617. The van der Waals surface area contributed by atoms with Gasteiger partial charge in [0.1, 0.15) is 0 Å². The van der Waals surface area contributed by atoms with Gasteiger partial charge >= 0.3 is 0 Å². The van der Waals surface area contributed by atoms with Gasteiger partial charge in [-0.05, 0) is 54.7 Å². The van der Waals surface area contributed by atoms with Gasteiger partial charge in [0.15, 0.2) is 0 Å². The number of rotatable bonds is 2. The number of nitrogens with zero attached hydrogens (tertiary/aromatic N) is 1. The minimum Gasteiger partial charge on any atom is -0.372 e. The van der Waals surface area contributed by atoms with Crippen LogP contribution in [-0.4, -0.2) is 18.1 Å². The first-order valence-electron chi connectivity index (χ1n) is 7.08. The third-order valence-corrected chi connectivity index (χ3v) is 3.84. The Morgan fingerprint density at radius 2 is 2.00 bits per heavy atom. The van der Waals surface area contributed by atoms with Gasteiger partial charge in [0, 0.05) is 17.9 Å². The van der Waals surface area contributed by atoms with Gasteiger partial charge in [-0.25, -0.2) is 0 Å². The second kappa shape index (κ2) is 5.35. The van der Waals surface area contributed by atoms with Gasteiger partial charge < -0.3 is 10.5 Å². The van der Waals surface area contributed by atoms with E-state index in [0.29, 0.717) is 6.54 Å². The van der Waals surface area contributed by atoms with E-state index < -0.39 is 0 Å². The second-order valence-electron chi connectivity index (χ2n) is 5.36. The molecule has 1 aliphatic rings. The Hall–Kier alpha value is -1.71. The number of nitrogens with two attached hydrogens (primary N) is 1. The maximum Gasteiger partial charge on any atom is 0.0950 e. The maximum atomic E-state index is 5.82. The summed E-state index contributed by atoms with van der Waals surface area (Å²) in [6, 6.07) is 10.7. The van der Waals surface area contributed by atoms with Crippen LogP contribution in [0.2, 0.25) is 0 Å². The third-order valence-electron chi connectivity index (χ3n) is 3.84. The summed E-state index contributed by atoms with van der Waals surface area (Å²) in [5, 5.41) is 0. The first-order valence-corrected chi connectivity index (χ1v) is 7.08. The molecule has 1 aliphatic heterocycles. The molecule has 0 unspecified atom stereocenters. The molecule has 0 fully saturated rings. The molecule has 1 aromatic carbocycles. The van der Waals surface area contributed by atoms with Crippen LogP contribution in [0, 0.1) is 13.8 Å². The number of hydrogen-bond acceptors (Lipinski definition) is 3. The Labute approximate surface area is 119 Å². The molecule has 3 heteroatoms. The van der Waals surface area contributed by atoms with E-state index in [2.05, 4.69) is 35.3 Å². The van der Waals surface area contributed by atoms with Crippen LogP contribution in [0.1, 0.15) is 28.6 Å². The zero-order valence-electron chi connectivity index (χ0n) is 12.0. The molecule has 3 nitrogen and oxygen atoms in total. The third kappa shape index (κ3) is 2.35. The molecule has 0 spiro atoms. The number of hydrogen-bond donors (Lipinski definition) is 1. The van der Waals surface area contributed by atoms with Crippen LogP contribution in [0.3, 0.4) is 0 Å². The number of aromatic nitrogens is 1. The predicted octanol–water partition coefficient (Wildman–Crippen LogP) is 2.94. The van der Waals surface area contributed by atoms with Crippen molar-refractivity contribution in [1.29, 1.82) is 0 Å². The fourth-order valence-electron chi connectivity index (χ4n) is 3.03. The van der Waals surface area contributed by atoms with Gasteiger partial charge in [0.25, 0.3) is 0 Å². The molecule has 0 saturated heterocycles. The summed E-state index contributed by atoms with van der Waals surface area (Å²) in [4.78, 5) is 4.46. The van der Waals surface area contributed by atoms with E-state index in [9.17, 15) is 0 Å². The van der Waals surface area contributed by atoms with E-state index >= 15 is 0 Å². The molecule has 0 radical (unpaired) electrons. The van der Waals surface area contributed by atoms with Crippen LogP contribution in [0.25, 0.3) is 11.1 Å². The van der Waals surface area contributed by atoms with Gasteiger partial charge in [0.05, 0.1) is 12.7 Å². The van der Waals surface area contributed by atoms with E-state index in [0.717, 1.165) is 24.4 Å². The Morgan fingerprint density at radius 1 is 1.25 bits per heavy atom. The highest BCUT2D eigenvalue weighted by Crippen LogP contribution is 2.34. The van der Waals surface area contributed by atoms with Crippen LogP contribution < -0.4 is 5.73 Å². The SMILES string of the molecule is Cc1cc(-c2cccc3c2CCO[C@@H]3CN)cc(C)n1. The van der Waals surface area contributed by atoms with Crippen LogP contribution in [-0.2, 0) is 11.2 Å². The smallest absolute Gasteiger partial charge is 0.0950 e. The summed E-state index contributed by atoms with van der Waals surface area (Å²) in [5.74, 6) is 0. The lowest BCUT2D eigenvalue weighted by Gasteiger charge is -2.27. The number of pyridine rings is 1. The van der Waals surface area contributed by atoms with E-state index in [1.54, 1.807) is 0 Å². The van der Waals surface area contributed by atoms with Crippen molar-refractivity contribution in [2.75, 3.05) is 13.2 Å². The highest BCUT2D eigenvalue weighted by molar-refractivity contribution is 5.70. The van der Waals surface area contributed by atoms with Gasteiger partial charge in [-0.1, -0.05) is 18.2 Å². The minimum atomic E-state index is 0.0303. The molecule has 2 N–H and O–H groups in total. The van der Waals surface area contributed by atoms with Crippen LogP contribution in [0.15, 0.2) is 30.3 Å². The molecule has 0 bridgehead atoms. The van der Waals surface area contributed by atoms with Crippen molar-refractivity contribution in [1.82, 2.24) is 4.98 Å². The lowest BCUT2D eigenvalue weighted by Crippen LogP contribution is -2.23. The molecule has 0 amide bonds. The Morgan fingerprint density at radius 3 is 2.70 bits per heavy atom. The highest BCUT2D eigenvalue weighted by atomic mass is 16.5. The molecular formula is C17H20N2O. The number of fused-ring (bicyclic) bond motifs is 1. The summed E-state index contributed by atoms with van der Waals surface area (Å²) >= 11 is 0. The molecule has 3 rings (SSSR count). The Balaban J connectivity index is 2.15. The molecule has 20 heavy (non-hydrogen) atoms. The van der Waals surface area contributed by atoms with Crippen molar-refractivity contribution in [3.05, 3.63) is 52.8 Å². The van der Waals surface area contributed by atoms with Crippen LogP contribution >= 0.6 is 0 Å². The monoisotopic (exact) mass is 268 g/mol. The standard InChI is InChI=1S/C17H20N2O/c1-11-8-13(9-12(2)19-11)14-4-3-5-16-15(14)6-7-20-17(16)10-18/h3-5,8-9,17H,6-7,10,18H2,1-2H3/t17-/m1/s1. The zero-order valence-corrected chi connectivity index (χ0v) is 12.0. The van der Waals surface area contributed by atoms with Crippen LogP contribution in [0.4, 0.5) is 0 Å². The highest BCUT2D eigenvalue weighted by Gasteiger charge is 2.22. The predicted molar refractivity (Wildman–Crippen MR) is 80.6 cm³/mol. The molecule has 104 valence electrons. The summed E-state index contributed by atoms with van der Waals surface area (Å²) < 4.78 is 5.75. The maximum absolute atomic E-state index is 5.82. The fraction of sp³-hybridized carbons (Fsp3) is 0.353. The van der Waals surface area contributed by atoms with E-state index in [1.165, 1.54) is 22.3 Å². The molecule has 2 aromatic rings. The molecule has 0 aliphatic carbocycles. The van der Waals surface area contributed by atoms with Gasteiger partial charge in [0.2, 0.25) is 0 Å². The first-order chi connectivity index (χ1) is 9.69.